The first-order chi connectivity index (χ1) is 11.3. The summed E-state index contributed by atoms with van der Waals surface area (Å²) in [5, 5.41) is 2.27. The minimum Gasteiger partial charge on any atom is -0.496 e. The van der Waals surface area contributed by atoms with Gasteiger partial charge in [0.15, 0.2) is 0 Å². The number of methoxy groups -OCH3 is 2. The van der Waals surface area contributed by atoms with Crippen LogP contribution in [0.2, 0.25) is 0 Å². The van der Waals surface area contributed by atoms with Gasteiger partial charge in [0, 0.05) is 21.9 Å². The van der Waals surface area contributed by atoms with E-state index in [1.807, 2.05) is 30.3 Å². The zero-order valence-corrected chi connectivity index (χ0v) is 13.1. The number of aromatic amines is 1. The van der Waals surface area contributed by atoms with Gasteiger partial charge < -0.3 is 14.5 Å². The molecule has 0 aliphatic rings. The Kier molecular flexibility index (Phi) is 3.19. The molecule has 4 rings (SSSR count). The Morgan fingerprint density at radius 1 is 0.739 bits per heavy atom. The van der Waals surface area contributed by atoms with Crippen molar-refractivity contribution >= 4 is 21.8 Å². The Balaban J connectivity index is 2.02. The number of hydrogen-bond donors (Lipinski definition) is 1. The Labute approximate surface area is 134 Å². The summed E-state index contributed by atoms with van der Waals surface area (Å²) in [6.45, 7) is 0. The van der Waals surface area contributed by atoms with E-state index in [0.717, 1.165) is 44.4 Å². The van der Waals surface area contributed by atoms with Gasteiger partial charge in [0.1, 0.15) is 11.5 Å². The summed E-state index contributed by atoms with van der Waals surface area (Å²) in [6, 6.07) is 20.5. The molecule has 1 aromatic heterocycles. The Morgan fingerprint density at radius 2 is 1.52 bits per heavy atom. The minimum atomic E-state index is 0.874. The van der Waals surface area contributed by atoms with Crippen molar-refractivity contribution in [1.82, 2.24) is 4.98 Å². The van der Waals surface area contributed by atoms with E-state index in [-0.39, 0.29) is 0 Å². The Morgan fingerprint density at radius 3 is 2.35 bits per heavy atom. The van der Waals surface area contributed by atoms with E-state index in [4.69, 9.17) is 9.47 Å². The number of para-hydroxylation sites is 1. The van der Waals surface area contributed by atoms with Gasteiger partial charge in [0.05, 0.1) is 19.7 Å². The molecule has 3 heteroatoms. The van der Waals surface area contributed by atoms with Crippen LogP contribution in [0.1, 0.15) is 0 Å². The SMILES string of the molecule is COc1ccccc1-c1ccc2[nH]c3cccc(OC)c3c2c1. The normalized spacial score (nSPS) is 11.0. The molecule has 114 valence electrons. The van der Waals surface area contributed by atoms with E-state index in [1.54, 1.807) is 14.2 Å². The molecule has 0 aliphatic carbocycles. The van der Waals surface area contributed by atoms with Crippen molar-refractivity contribution in [2.75, 3.05) is 14.2 Å². The summed E-state index contributed by atoms with van der Waals surface area (Å²) >= 11 is 0. The monoisotopic (exact) mass is 303 g/mol. The number of aromatic nitrogens is 1. The van der Waals surface area contributed by atoms with Crippen LogP contribution in [0.25, 0.3) is 32.9 Å². The van der Waals surface area contributed by atoms with Gasteiger partial charge in [-0.1, -0.05) is 30.3 Å². The second-order valence-electron chi connectivity index (χ2n) is 5.47. The maximum absolute atomic E-state index is 5.54. The summed E-state index contributed by atoms with van der Waals surface area (Å²) in [4.78, 5) is 3.45. The molecule has 0 amide bonds. The van der Waals surface area contributed by atoms with E-state index in [2.05, 4.69) is 35.3 Å². The third-order valence-corrected chi connectivity index (χ3v) is 4.22. The molecular weight excluding hydrogens is 286 g/mol. The van der Waals surface area contributed by atoms with Crippen molar-refractivity contribution in [3.05, 3.63) is 60.7 Å². The molecule has 23 heavy (non-hydrogen) atoms. The van der Waals surface area contributed by atoms with Crippen LogP contribution in [0.4, 0.5) is 0 Å². The van der Waals surface area contributed by atoms with Crippen LogP contribution < -0.4 is 9.47 Å². The second kappa shape index (κ2) is 5.36. The summed E-state index contributed by atoms with van der Waals surface area (Å²) in [5.41, 5.74) is 4.39. The predicted octanol–water partition coefficient (Wildman–Crippen LogP) is 5.01. The van der Waals surface area contributed by atoms with Gasteiger partial charge in [-0.15, -0.1) is 0 Å². The van der Waals surface area contributed by atoms with Crippen LogP contribution in [-0.4, -0.2) is 19.2 Å². The van der Waals surface area contributed by atoms with Gasteiger partial charge in [0.2, 0.25) is 0 Å². The number of nitrogens with one attached hydrogen (secondary N) is 1. The number of ether oxygens (including phenoxy) is 2. The molecule has 0 bridgehead atoms. The number of rotatable bonds is 3. The first kappa shape index (κ1) is 13.7. The smallest absolute Gasteiger partial charge is 0.128 e. The molecule has 0 saturated heterocycles. The zero-order valence-electron chi connectivity index (χ0n) is 13.1. The number of fused-ring (bicyclic) bond motifs is 3. The molecule has 0 fully saturated rings. The lowest BCUT2D eigenvalue weighted by Gasteiger charge is -2.08. The molecule has 0 aliphatic heterocycles. The molecule has 3 aromatic carbocycles. The fourth-order valence-electron chi connectivity index (χ4n) is 3.14. The molecule has 1 N–H and O–H groups in total. The summed E-state index contributed by atoms with van der Waals surface area (Å²) < 4.78 is 11.0. The molecule has 0 radical (unpaired) electrons. The fourth-order valence-corrected chi connectivity index (χ4v) is 3.14. The predicted molar refractivity (Wildman–Crippen MR) is 94.3 cm³/mol. The van der Waals surface area contributed by atoms with E-state index in [9.17, 15) is 0 Å². The second-order valence-corrected chi connectivity index (χ2v) is 5.47. The van der Waals surface area contributed by atoms with Gasteiger partial charge >= 0.3 is 0 Å². The highest BCUT2D eigenvalue weighted by Crippen LogP contribution is 2.37. The quantitative estimate of drug-likeness (QED) is 0.577. The maximum Gasteiger partial charge on any atom is 0.128 e. The van der Waals surface area contributed by atoms with Crippen molar-refractivity contribution in [1.29, 1.82) is 0 Å². The molecule has 0 saturated carbocycles. The van der Waals surface area contributed by atoms with Crippen molar-refractivity contribution in [3.63, 3.8) is 0 Å². The van der Waals surface area contributed by atoms with Crippen LogP contribution in [0.5, 0.6) is 11.5 Å². The van der Waals surface area contributed by atoms with E-state index in [0.29, 0.717) is 0 Å². The largest absolute Gasteiger partial charge is 0.496 e. The highest BCUT2D eigenvalue weighted by atomic mass is 16.5. The lowest BCUT2D eigenvalue weighted by atomic mass is 10.0. The number of benzene rings is 3. The van der Waals surface area contributed by atoms with Gasteiger partial charge in [0.25, 0.3) is 0 Å². The molecule has 0 atom stereocenters. The summed E-state index contributed by atoms with van der Waals surface area (Å²) in [6.07, 6.45) is 0. The Hall–Kier alpha value is -2.94. The van der Waals surface area contributed by atoms with Crippen LogP contribution in [-0.2, 0) is 0 Å². The fraction of sp³-hybridized carbons (Fsp3) is 0.100. The molecule has 1 heterocycles. The molecule has 3 nitrogen and oxygen atoms in total. The van der Waals surface area contributed by atoms with E-state index >= 15 is 0 Å². The topological polar surface area (TPSA) is 34.2 Å². The summed E-state index contributed by atoms with van der Waals surface area (Å²) in [7, 11) is 3.41. The van der Waals surface area contributed by atoms with Crippen LogP contribution in [0.15, 0.2) is 60.7 Å². The van der Waals surface area contributed by atoms with Gasteiger partial charge in [-0.3, -0.25) is 0 Å². The van der Waals surface area contributed by atoms with Gasteiger partial charge in [-0.25, -0.2) is 0 Å². The van der Waals surface area contributed by atoms with Crippen LogP contribution in [0, 0.1) is 0 Å². The van der Waals surface area contributed by atoms with Gasteiger partial charge in [-0.2, -0.15) is 0 Å². The lowest BCUT2D eigenvalue weighted by Crippen LogP contribution is -1.87. The number of H-pyrrole nitrogens is 1. The third kappa shape index (κ3) is 2.13. The number of hydrogen-bond acceptors (Lipinski definition) is 2. The molecule has 0 unspecified atom stereocenters. The summed E-state index contributed by atoms with van der Waals surface area (Å²) in [5.74, 6) is 1.75. The highest BCUT2D eigenvalue weighted by molar-refractivity contribution is 6.11. The molecule has 0 spiro atoms. The minimum absolute atomic E-state index is 0.874. The Bertz CT molecular complexity index is 1000. The zero-order chi connectivity index (χ0) is 15.8. The van der Waals surface area contributed by atoms with Crippen LogP contribution in [0.3, 0.4) is 0 Å². The van der Waals surface area contributed by atoms with Crippen molar-refractivity contribution in [3.8, 4) is 22.6 Å². The van der Waals surface area contributed by atoms with Gasteiger partial charge in [-0.05, 0) is 35.9 Å². The van der Waals surface area contributed by atoms with Crippen molar-refractivity contribution in [2.24, 2.45) is 0 Å². The van der Waals surface area contributed by atoms with Crippen LogP contribution >= 0.6 is 0 Å². The average Bonchev–Trinajstić information content (AvgIpc) is 2.99. The third-order valence-electron chi connectivity index (χ3n) is 4.22. The van der Waals surface area contributed by atoms with Crippen molar-refractivity contribution in [2.45, 2.75) is 0 Å². The first-order valence-corrected chi connectivity index (χ1v) is 7.53. The average molecular weight is 303 g/mol. The van der Waals surface area contributed by atoms with Crippen molar-refractivity contribution < 1.29 is 9.47 Å². The van der Waals surface area contributed by atoms with E-state index in [1.165, 1.54) is 0 Å². The molecule has 4 aromatic rings. The van der Waals surface area contributed by atoms with E-state index < -0.39 is 0 Å². The standard InChI is InChI=1S/C20H17NO2/c1-22-18-8-4-3-6-14(18)13-10-11-16-15(12-13)20-17(21-16)7-5-9-19(20)23-2/h3-12,21H,1-2H3. The first-order valence-electron chi connectivity index (χ1n) is 7.53. The lowest BCUT2D eigenvalue weighted by molar-refractivity contribution is 0.416. The maximum atomic E-state index is 5.54. The molecular formula is C20H17NO2. The highest BCUT2D eigenvalue weighted by Gasteiger charge is 2.11.